The average Bonchev–Trinajstić information content (AvgIpc) is 3.00. The van der Waals surface area contributed by atoms with Crippen LogP contribution in [0.5, 0.6) is 0 Å². The van der Waals surface area contributed by atoms with Crippen molar-refractivity contribution >= 4 is 5.97 Å². The second-order valence-corrected chi connectivity index (χ2v) is 4.84. The van der Waals surface area contributed by atoms with Gasteiger partial charge in [0, 0.05) is 0 Å². The van der Waals surface area contributed by atoms with Gasteiger partial charge in [-0.2, -0.15) is 0 Å². The van der Waals surface area contributed by atoms with E-state index in [9.17, 15) is 9.90 Å². The molecule has 1 N–H and O–H groups in total. The smallest absolute Gasteiger partial charge is 0.312 e. The molecule has 0 aromatic carbocycles. The van der Waals surface area contributed by atoms with E-state index in [1.807, 2.05) is 13.8 Å². The largest absolute Gasteiger partial charge is 0.466 e. The third kappa shape index (κ3) is 2.46. The van der Waals surface area contributed by atoms with Gasteiger partial charge in [0.25, 0.3) is 0 Å². The molecule has 92 valence electrons. The van der Waals surface area contributed by atoms with Gasteiger partial charge in [0.2, 0.25) is 0 Å². The first-order chi connectivity index (χ1) is 7.47. The molecule has 0 aliphatic heterocycles. The van der Waals surface area contributed by atoms with Crippen molar-refractivity contribution in [1.82, 2.24) is 0 Å². The Kier molecular flexibility index (Phi) is 4.14. The lowest BCUT2D eigenvalue weighted by Gasteiger charge is -2.34. The van der Waals surface area contributed by atoms with E-state index < -0.39 is 11.5 Å². The molecule has 1 saturated carbocycles. The molecule has 1 rings (SSSR count). The molecule has 2 unspecified atom stereocenters. The number of hydrogen-bond donors (Lipinski definition) is 1. The van der Waals surface area contributed by atoms with Crippen LogP contribution in [-0.2, 0) is 9.53 Å². The van der Waals surface area contributed by atoms with Gasteiger partial charge in [-0.25, -0.2) is 0 Å². The summed E-state index contributed by atoms with van der Waals surface area (Å²) in [6.45, 7) is 9.66. The molecule has 1 aliphatic carbocycles. The van der Waals surface area contributed by atoms with Crippen molar-refractivity contribution in [2.45, 2.75) is 39.2 Å². The Hall–Kier alpha value is -0.830. The number of ether oxygens (including phenoxy) is 1. The highest BCUT2D eigenvalue weighted by atomic mass is 16.5. The minimum absolute atomic E-state index is 0.0441. The predicted molar refractivity (Wildman–Crippen MR) is 62.8 cm³/mol. The average molecular weight is 226 g/mol. The molecule has 0 spiro atoms. The normalized spacial score (nSPS) is 21.3. The molecule has 0 radical (unpaired) electrons. The molecule has 1 fully saturated rings. The predicted octanol–water partition coefficient (Wildman–Crippen LogP) is 2.15. The summed E-state index contributed by atoms with van der Waals surface area (Å²) in [4.78, 5) is 11.9. The highest BCUT2D eigenvalue weighted by Gasteiger charge is 2.51. The topological polar surface area (TPSA) is 46.5 Å². The fourth-order valence-corrected chi connectivity index (χ4v) is 2.32. The molecule has 0 aromatic rings. The van der Waals surface area contributed by atoms with E-state index in [-0.39, 0.29) is 17.8 Å². The molecule has 0 amide bonds. The molecule has 0 heterocycles. The number of aliphatic hydroxyl groups is 1. The third-order valence-corrected chi connectivity index (χ3v) is 3.26. The molecule has 3 heteroatoms. The summed E-state index contributed by atoms with van der Waals surface area (Å²) >= 11 is 0. The maximum Gasteiger partial charge on any atom is 0.312 e. The maximum absolute atomic E-state index is 11.9. The Bertz CT molecular complexity index is 268. The fraction of sp³-hybridized carbons (Fsp3) is 0.769. The first-order valence-electron chi connectivity index (χ1n) is 6.00. The summed E-state index contributed by atoms with van der Waals surface area (Å²) in [7, 11) is 0. The van der Waals surface area contributed by atoms with Crippen LogP contribution in [0.1, 0.15) is 33.6 Å². The van der Waals surface area contributed by atoms with Gasteiger partial charge in [0.05, 0.1) is 18.1 Å². The van der Waals surface area contributed by atoms with E-state index in [1.54, 1.807) is 6.92 Å². The summed E-state index contributed by atoms with van der Waals surface area (Å²) in [6.07, 6.45) is 3.45. The van der Waals surface area contributed by atoms with E-state index in [1.165, 1.54) is 6.08 Å². The SMILES string of the molecule is C=CC(O)(C1CC1)C(C(=O)OCC)C(C)C. The van der Waals surface area contributed by atoms with E-state index >= 15 is 0 Å². The van der Waals surface area contributed by atoms with Gasteiger partial charge in [0.1, 0.15) is 0 Å². The van der Waals surface area contributed by atoms with Crippen LogP contribution in [0.15, 0.2) is 12.7 Å². The number of hydrogen-bond acceptors (Lipinski definition) is 3. The molecule has 0 bridgehead atoms. The van der Waals surface area contributed by atoms with Crippen LogP contribution >= 0.6 is 0 Å². The molecule has 0 saturated heterocycles. The summed E-state index contributed by atoms with van der Waals surface area (Å²) in [5.74, 6) is -0.603. The number of carbonyl (C=O) groups excluding carboxylic acids is 1. The van der Waals surface area contributed by atoms with Crippen molar-refractivity contribution in [3.63, 3.8) is 0 Å². The van der Waals surface area contributed by atoms with Crippen molar-refractivity contribution < 1.29 is 14.6 Å². The van der Waals surface area contributed by atoms with Gasteiger partial charge in [-0.3, -0.25) is 4.79 Å². The van der Waals surface area contributed by atoms with Crippen molar-refractivity contribution in [1.29, 1.82) is 0 Å². The van der Waals surface area contributed by atoms with Crippen molar-refractivity contribution in [3.8, 4) is 0 Å². The molecular formula is C13H22O3. The van der Waals surface area contributed by atoms with Gasteiger partial charge in [-0.15, -0.1) is 6.58 Å². The Morgan fingerprint density at radius 3 is 2.50 bits per heavy atom. The van der Waals surface area contributed by atoms with E-state index in [2.05, 4.69) is 6.58 Å². The van der Waals surface area contributed by atoms with Crippen LogP contribution in [0.2, 0.25) is 0 Å². The second kappa shape index (κ2) is 5.00. The second-order valence-electron chi connectivity index (χ2n) is 4.84. The first-order valence-corrected chi connectivity index (χ1v) is 6.00. The van der Waals surface area contributed by atoms with Gasteiger partial charge < -0.3 is 9.84 Å². The molecular weight excluding hydrogens is 204 g/mol. The van der Waals surface area contributed by atoms with Gasteiger partial charge in [-0.1, -0.05) is 19.9 Å². The monoisotopic (exact) mass is 226 g/mol. The Labute approximate surface area is 97.5 Å². The Morgan fingerprint density at radius 2 is 2.19 bits per heavy atom. The quantitative estimate of drug-likeness (QED) is 0.557. The maximum atomic E-state index is 11.9. The fourth-order valence-electron chi connectivity index (χ4n) is 2.32. The zero-order valence-electron chi connectivity index (χ0n) is 10.4. The third-order valence-electron chi connectivity index (χ3n) is 3.26. The summed E-state index contributed by atoms with van der Waals surface area (Å²) in [5, 5.41) is 10.6. The van der Waals surface area contributed by atoms with Crippen LogP contribution in [0.25, 0.3) is 0 Å². The molecule has 1 aliphatic rings. The van der Waals surface area contributed by atoms with E-state index in [0.717, 1.165) is 12.8 Å². The molecule has 16 heavy (non-hydrogen) atoms. The summed E-state index contributed by atoms with van der Waals surface area (Å²) < 4.78 is 5.04. The number of rotatable bonds is 6. The van der Waals surface area contributed by atoms with Crippen LogP contribution in [0, 0.1) is 17.8 Å². The van der Waals surface area contributed by atoms with E-state index in [4.69, 9.17) is 4.74 Å². The Balaban J connectivity index is 2.90. The van der Waals surface area contributed by atoms with Crippen molar-refractivity contribution in [2.75, 3.05) is 6.61 Å². The molecule has 2 atom stereocenters. The lowest BCUT2D eigenvalue weighted by atomic mass is 9.76. The van der Waals surface area contributed by atoms with Crippen molar-refractivity contribution in [2.24, 2.45) is 17.8 Å². The highest BCUT2D eigenvalue weighted by Crippen LogP contribution is 2.46. The summed E-state index contributed by atoms with van der Waals surface area (Å²) in [5.41, 5.74) is -1.10. The van der Waals surface area contributed by atoms with Gasteiger partial charge >= 0.3 is 5.97 Å². The standard InChI is InChI=1S/C13H22O3/c1-5-13(15,10-7-8-10)11(9(3)4)12(14)16-6-2/h5,9-11,15H,1,6-8H2,2-4H3. The number of carbonyl (C=O) groups is 1. The summed E-state index contributed by atoms with van der Waals surface area (Å²) in [6, 6.07) is 0. The lowest BCUT2D eigenvalue weighted by Crippen LogP contribution is -2.46. The van der Waals surface area contributed by atoms with Gasteiger partial charge in [0.15, 0.2) is 0 Å². The van der Waals surface area contributed by atoms with E-state index in [0.29, 0.717) is 6.61 Å². The van der Waals surface area contributed by atoms with Crippen LogP contribution in [-0.4, -0.2) is 23.3 Å². The zero-order chi connectivity index (χ0) is 12.3. The van der Waals surface area contributed by atoms with Crippen molar-refractivity contribution in [3.05, 3.63) is 12.7 Å². The zero-order valence-corrected chi connectivity index (χ0v) is 10.4. The number of esters is 1. The van der Waals surface area contributed by atoms with Crippen LogP contribution in [0.4, 0.5) is 0 Å². The minimum Gasteiger partial charge on any atom is -0.466 e. The first kappa shape index (κ1) is 13.2. The molecule has 0 aromatic heterocycles. The lowest BCUT2D eigenvalue weighted by molar-refractivity contribution is -0.159. The van der Waals surface area contributed by atoms with Crippen LogP contribution < -0.4 is 0 Å². The van der Waals surface area contributed by atoms with Crippen LogP contribution in [0.3, 0.4) is 0 Å². The Morgan fingerprint density at radius 1 is 1.62 bits per heavy atom. The minimum atomic E-state index is -1.10. The van der Waals surface area contributed by atoms with Gasteiger partial charge in [-0.05, 0) is 31.6 Å². The molecule has 3 nitrogen and oxygen atoms in total. The highest BCUT2D eigenvalue weighted by molar-refractivity contribution is 5.75.